The number of halogens is 3. The number of fused-ring (bicyclic) bond motifs is 1. The normalized spacial score (nSPS) is 11.0. The number of aryl methyl sites for hydroxylation is 1. The summed E-state index contributed by atoms with van der Waals surface area (Å²) >= 11 is 12.2. The zero-order chi connectivity index (χ0) is 19.8. The van der Waals surface area contributed by atoms with Gasteiger partial charge >= 0.3 is 0 Å². The van der Waals surface area contributed by atoms with E-state index in [9.17, 15) is 9.18 Å². The monoisotopic (exact) mass is 415 g/mol. The van der Waals surface area contributed by atoms with E-state index in [1.807, 2.05) is 0 Å². The van der Waals surface area contributed by atoms with Crippen molar-refractivity contribution in [3.05, 3.63) is 86.6 Å². The van der Waals surface area contributed by atoms with Crippen LogP contribution in [0.3, 0.4) is 0 Å². The molecule has 5 nitrogen and oxygen atoms in total. The largest absolute Gasteiger partial charge is 0.435 e. The molecule has 0 spiro atoms. The van der Waals surface area contributed by atoms with Crippen LogP contribution in [-0.4, -0.2) is 14.6 Å². The van der Waals surface area contributed by atoms with Crippen LogP contribution < -0.4 is 10.3 Å². The molecule has 2 aromatic heterocycles. The summed E-state index contributed by atoms with van der Waals surface area (Å²) < 4.78 is 20.9. The van der Waals surface area contributed by atoms with Gasteiger partial charge in [-0.25, -0.2) is 8.91 Å². The SMILES string of the molecule is Cc1ccc(Oc2ccc3c(-c4ccc(Cl)cc4Cl)c(=O)ncn3n2)c(F)c1. The van der Waals surface area contributed by atoms with Gasteiger partial charge in [-0.15, -0.1) is 5.10 Å². The van der Waals surface area contributed by atoms with E-state index in [0.29, 0.717) is 21.1 Å². The van der Waals surface area contributed by atoms with Crippen molar-refractivity contribution < 1.29 is 9.13 Å². The summed E-state index contributed by atoms with van der Waals surface area (Å²) in [5, 5.41) is 5.04. The second kappa shape index (κ2) is 7.22. The fourth-order valence-electron chi connectivity index (χ4n) is 2.79. The molecule has 4 rings (SSSR count). The van der Waals surface area contributed by atoms with E-state index in [0.717, 1.165) is 5.56 Å². The highest BCUT2D eigenvalue weighted by Crippen LogP contribution is 2.31. The third-order valence-electron chi connectivity index (χ3n) is 4.09. The van der Waals surface area contributed by atoms with Gasteiger partial charge in [-0.05, 0) is 42.8 Å². The van der Waals surface area contributed by atoms with Crippen LogP contribution in [0, 0.1) is 12.7 Å². The molecule has 0 atom stereocenters. The number of hydrogen-bond acceptors (Lipinski definition) is 4. The van der Waals surface area contributed by atoms with Gasteiger partial charge in [0.15, 0.2) is 11.6 Å². The second-order valence-corrected chi connectivity index (χ2v) is 6.93. The molecule has 140 valence electrons. The molecule has 0 saturated carbocycles. The highest BCUT2D eigenvalue weighted by molar-refractivity contribution is 6.36. The standard InChI is InChI=1S/C20H12Cl2FN3O2/c1-11-2-6-17(15(23)8-11)28-18-7-5-16-19(20(27)24-10-26(16)25-18)13-4-3-12(21)9-14(13)22/h2-10H,1H3. The molecule has 0 aliphatic heterocycles. The molecule has 0 aliphatic rings. The van der Waals surface area contributed by atoms with Crippen molar-refractivity contribution in [2.45, 2.75) is 6.92 Å². The molecule has 8 heteroatoms. The third-order valence-corrected chi connectivity index (χ3v) is 4.64. The molecule has 2 aromatic carbocycles. The summed E-state index contributed by atoms with van der Waals surface area (Å²) in [6.07, 6.45) is 1.27. The number of aromatic nitrogens is 3. The summed E-state index contributed by atoms with van der Waals surface area (Å²) in [5.41, 5.74) is 1.57. The summed E-state index contributed by atoms with van der Waals surface area (Å²) in [4.78, 5) is 16.2. The quantitative estimate of drug-likeness (QED) is 0.455. The minimum atomic E-state index is -0.492. The minimum absolute atomic E-state index is 0.0485. The van der Waals surface area contributed by atoms with E-state index >= 15 is 0 Å². The predicted octanol–water partition coefficient (Wildman–Crippen LogP) is 5.30. The number of hydrogen-bond donors (Lipinski definition) is 0. The smallest absolute Gasteiger partial charge is 0.281 e. The first-order valence-electron chi connectivity index (χ1n) is 8.20. The Labute approximate surface area is 168 Å². The van der Waals surface area contributed by atoms with E-state index in [1.54, 1.807) is 43.3 Å². The summed E-state index contributed by atoms with van der Waals surface area (Å²) in [6.45, 7) is 1.78. The molecular weight excluding hydrogens is 404 g/mol. The van der Waals surface area contributed by atoms with Crippen LogP contribution >= 0.6 is 23.2 Å². The predicted molar refractivity (Wildman–Crippen MR) is 106 cm³/mol. The zero-order valence-electron chi connectivity index (χ0n) is 14.5. The van der Waals surface area contributed by atoms with Crippen LogP contribution in [0.25, 0.3) is 16.6 Å². The maximum absolute atomic E-state index is 14.0. The topological polar surface area (TPSA) is 56.5 Å². The van der Waals surface area contributed by atoms with Crippen molar-refractivity contribution in [3.63, 3.8) is 0 Å². The number of nitrogens with zero attached hydrogens (tertiary/aromatic N) is 3. The van der Waals surface area contributed by atoms with E-state index in [2.05, 4.69) is 10.1 Å². The molecule has 2 heterocycles. The zero-order valence-corrected chi connectivity index (χ0v) is 16.0. The first-order valence-corrected chi connectivity index (χ1v) is 8.96. The fraction of sp³-hybridized carbons (Fsp3) is 0.0500. The average molecular weight is 416 g/mol. The lowest BCUT2D eigenvalue weighted by Gasteiger charge is -2.10. The summed E-state index contributed by atoms with van der Waals surface area (Å²) in [6, 6.07) is 12.6. The molecule has 0 saturated heterocycles. The van der Waals surface area contributed by atoms with Crippen LogP contribution in [-0.2, 0) is 0 Å². The average Bonchev–Trinajstić information content (AvgIpc) is 2.65. The highest BCUT2D eigenvalue weighted by atomic mass is 35.5. The maximum atomic E-state index is 14.0. The number of ether oxygens (including phenoxy) is 1. The Bertz CT molecular complexity index is 1270. The van der Waals surface area contributed by atoms with Crippen molar-refractivity contribution in [2.75, 3.05) is 0 Å². The van der Waals surface area contributed by atoms with Crippen LogP contribution in [0.4, 0.5) is 4.39 Å². The van der Waals surface area contributed by atoms with E-state index < -0.39 is 11.4 Å². The molecular formula is C20H12Cl2FN3O2. The minimum Gasteiger partial charge on any atom is -0.435 e. The van der Waals surface area contributed by atoms with Crippen LogP contribution in [0.1, 0.15) is 5.56 Å². The first kappa shape index (κ1) is 18.4. The van der Waals surface area contributed by atoms with Crippen molar-refractivity contribution in [2.24, 2.45) is 0 Å². The van der Waals surface area contributed by atoms with Gasteiger partial charge in [0.1, 0.15) is 6.33 Å². The number of benzene rings is 2. The number of rotatable bonds is 3. The van der Waals surface area contributed by atoms with E-state index in [1.165, 1.54) is 23.0 Å². The first-order chi connectivity index (χ1) is 13.4. The maximum Gasteiger partial charge on any atom is 0.281 e. The van der Waals surface area contributed by atoms with Gasteiger partial charge in [0, 0.05) is 16.7 Å². The van der Waals surface area contributed by atoms with Crippen molar-refractivity contribution in [1.82, 2.24) is 14.6 Å². The van der Waals surface area contributed by atoms with Gasteiger partial charge in [-0.2, -0.15) is 4.98 Å². The molecule has 0 bridgehead atoms. The van der Waals surface area contributed by atoms with E-state index in [-0.39, 0.29) is 17.2 Å². The Hall–Kier alpha value is -2.96. The van der Waals surface area contributed by atoms with Gasteiger partial charge in [0.2, 0.25) is 5.88 Å². The van der Waals surface area contributed by atoms with Crippen molar-refractivity contribution in [3.8, 4) is 22.8 Å². The molecule has 28 heavy (non-hydrogen) atoms. The van der Waals surface area contributed by atoms with Crippen LogP contribution in [0.15, 0.2) is 59.7 Å². The molecule has 0 N–H and O–H groups in total. The Balaban J connectivity index is 1.81. The molecule has 0 aliphatic carbocycles. The molecule has 0 amide bonds. The summed E-state index contributed by atoms with van der Waals surface area (Å²) in [5.74, 6) is -0.296. The van der Waals surface area contributed by atoms with Gasteiger partial charge < -0.3 is 4.74 Å². The van der Waals surface area contributed by atoms with E-state index in [4.69, 9.17) is 27.9 Å². The molecule has 0 radical (unpaired) electrons. The second-order valence-electron chi connectivity index (χ2n) is 6.09. The van der Waals surface area contributed by atoms with Gasteiger partial charge in [0.25, 0.3) is 5.56 Å². The van der Waals surface area contributed by atoms with Crippen LogP contribution in [0.5, 0.6) is 11.6 Å². The van der Waals surface area contributed by atoms with Crippen molar-refractivity contribution >= 4 is 28.7 Å². The lowest BCUT2D eigenvalue weighted by atomic mass is 10.1. The van der Waals surface area contributed by atoms with Crippen LogP contribution in [0.2, 0.25) is 10.0 Å². The highest BCUT2D eigenvalue weighted by Gasteiger charge is 2.15. The van der Waals surface area contributed by atoms with Crippen molar-refractivity contribution in [1.29, 1.82) is 0 Å². The molecule has 0 fully saturated rings. The Kier molecular flexibility index (Phi) is 4.75. The third kappa shape index (κ3) is 3.44. The van der Waals surface area contributed by atoms with Gasteiger partial charge in [0.05, 0.1) is 16.1 Å². The Morgan fingerprint density at radius 2 is 1.89 bits per heavy atom. The van der Waals surface area contributed by atoms with Gasteiger partial charge in [-0.3, -0.25) is 4.79 Å². The molecule has 4 aromatic rings. The lowest BCUT2D eigenvalue weighted by molar-refractivity contribution is 0.419. The Morgan fingerprint density at radius 3 is 2.64 bits per heavy atom. The Morgan fingerprint density at radius 1 is 1.07 bits per heavy atom. The summed E-state index contributed by atoms with van der Waals surface area (Å²) in [7, 11) is 0. The molecule has 0 unspecified atom stereocenters. The lowest BCUT2D eigenvalue weighted by Crippen LogP contribution is -2.13. The van der Waals surface area contributed by atoms with Gasteiger partial charge in [-0.1, -0.05) is 35.3 Å². The fourth-order valence-corrected chi connectivity index (χ4v) is 3.29.